The second kappa shape index (κ2) is 16.8. The van der Waals surface area contributed by atoms with Crippen molar-refractivity contribution in [1.82, 2.24) is 9.80 Å². The largest absolute Gasteiger partial charge is 0.490 e. The number of carbonyl (C=O) groups is 2. The summed E-state index contributed by atoms with van der Waals surface area (Å²) >= 11 is 0. The fourth-order valence-electron chi connectivity index (χ4n) is 6.01. The van der Waals surface area contributed by atoms with Crippen LogP contribution in [0.25, 0.3) is 0 Å². The first-order valence-corrected chi connectivity index (χ1v) is 16.8. The van der Waals surface area contributed by atoms with Crippen molar-refractivity contribution in [3.05, 3.63) is 77.6 Å². The molecule has 0 saturated heterocycles. The van der Waals surface area contributed by atoms with Crippen LogP contribution in [0.1, 0.15) is 56.0 Å². The molecule has 0 unspecified atom stereocenters. The number of aliphatic hydroxyl groups excluding tert-OH is 1. The predicted molar refractivity (Wildman–Crippen MR) is 185 cm³/mol. The van der Waals surface area contributed by atoms with E-state index in [2.05, 4.69) is 22.5 Å². The zero-order chi connectivity index (χ0) is 34.9. The fraction of sp³-hybridized carbons (Fsp3) is 0.459. The minimum atomic E-state index is -0.548. The summed E-state index contributed by atoms with van der Waals surface area (Å²) in [4.78, 5) is 31.0. The lowest BCUT2D eigenvalue weighted by atomic mass is 10.0. The number of benzene rings is 3. The average molecular weight is 679 g/mol. The van der Waals surface area contributed by atoms with Gasteiger partial charge in [0.25, 0.3) is 5.91 Å². The van der Waals surface area contributed by atoms with Gasteiger partial charge < -0.3 is 39.6 Å². The molecule has 5 rings (SSSR count). The summed E-state index contributed by atoms with van der Waals surface area (Å²) in [6.45, 7) is 8.01. The Morgan fingerprint density at radius 2 is 1.71 bits per heavy atom. The van der Waals surface area contributed by atoms with Crippen LogP contribution >= 0.6 is 0 Å². The highest BCUT2D eigenvalue weighted by atomic mass is 19.1. The molecule has 0 saturated carbocycles. The van der Waals surface area contributed by atoms with Gasteiger partial charge in [-0.25, -0.2) is 9.18 Å². The van der Waals surface area contributed by atoms with E-state index >= 15 is 0 Å². The number of anilines is 2. The number of aliphatic hydroxyl groups is 1. The first-order chi connectivity index (χ1) is 23.6. The normalized spacial score (nSPS) is 20.6. The molecule has 3 aromatic carbocycles. The quantitative estimate of drug-likeness (QED) is 0.261. The molecule has 0 aromatic heterocycles. The minimum absolute atomic E-state index is 0.0915. The van der Waals surface area contributed by atoms with Gasteiger partial charge in [-0.2, -0.15) is 0 Å². The molecule has 11 nitrogen and oxygen atoms in total. The summed E-state index contributed by atoms with van der Waals surface area (Å²) in [7, 11) is 2.04. The monoisotopic (exact) mass is 678 g/mol. The van der Waals surface area contributed by atoms with Crippen LogP contribution in [0, 0.1) is 11.7 Å². The number of halogens is 1. The number of carbonyl (C=O) groups excluding carboxylic acids is 2. The number of ether oxygens (including phenoxy) is 4. The molecule has 3 aromatic rings. The molecule has 2 aliphatic rings. The second-order valence-electron chi connectivity index (χ2n) is 13.0. The van der Waals surface area contributed by atoms with E-state index in [1.165, 1.54) is 24.3 Å². The van der Waals surface area contributed by atoms with E-state index in [1.54, 1.807) is 30.0 Å². The Labute approximate surface area is 287 Å². The van der Waals surface area contributed by atoms with Gasteiger partial charge in [0.2, 0.25) is 6.79 Å². The molecule has 2 aliphatic heterocycles. The maximum absolute atomic E-state index is 14.4. The molecule has 12 heteroatoms. The van der Waals surface area contributed by atoms with Gasteiger partial charge >= 0.3 is 6.03 Å². The SMILES string of the molecule is C[C@@H]1CCCCO[C@H](CN(C)Cc2ccc3c(c2)OCO3)[C@@H](C)CN([C@H](C)CO)C(=O)c2cc(NC(=O)Nc3ccc(F)cc3)ccc2O1. The second-order valence-corrected chi connectivity index (χ2v) is 13.0. The van der Waals surface area contributed by atoms with E-state index < -0.39 is 17.9 Å². The van der Waals surface area contributed by atoms with E-state index in [1.807, 2.05) is 32.2 Å². The molecule has 0 radical (unpaired) electrons. The lowest BCUT2D eigenvalue weighted by Crippen LogP contribution is -2.47. The first-order valence-electron chi connectivity index (χ1n) is 16.8. The Hall–Kier alpha value is -4.39. The number of nitrogens with zero attached hydrogens (tertiary/aromatic N) is 2. The number of hydrogen-bond acceptors (Lipinski definition) is 8. The van der Waals surface area contributed by atoms with Gasteiger partial charge in [0.05, 0.1) is 30.4 Å². The van der Waals surface area contributed by atoms with Crippen LogP contribution in [-0.4, -0.2) is 85.2 Å². The number of urea groups is 1. The Kier molecular flexibility index (Phi) is 12.3. The van der Waals surface area contributed by atoms with E-state index in [4.69, 9.17) is 18.9 Å². The van der Waals surface area contributed by atoms with Crippen molar-refractivity contribution in [3.63, 3.8) is 0 Å². The topological polar surface area (TPSA) is 122 Å². The lowest BCUT2D eigenvalue weighted by molar-refractivity contribution is -0.0177. The van der Waals surface area contributed by atoms with Crippen molar-refractivity contribution >= 4 is 23.3 Å². The van der Waals surface area contributed by atoms with E-state index in [0.717, 1.165) is 36.3 Å². The molecule has 0 spiro atoms. The number of hydrogen-bond donors (Lipinski definition) is 3. The van der Waals surface area contributed by atoms with Crippen LogP contribution < -0.4 is 24.8 Å². The van der Waals surface area contributed by atoms with Gasteiger partial charge in [0.1, 0.15) is 11.6 Å². The van der Waals surface area contributed by atoms with Gasteiger partial charge in [0.15, 0.2) is 11.5 Å². The summed E-state index contributed by atoms with van der Waals surface area (Å²) in [6.07, 6.45) is 2.13. The standard InChI is InChI=1S/C37H47FN4O7/c1-24-19-42(25(2)22-43)36(44)31-18-30(40-37(45)39-29-11-9-28(38)10-12-29)13-15-32(31)49-26(3)7-5-6-16-46-35(24)21-41(4)20-27-8-14-33-34(17-27)48-23-47-33/h8-15,17-18,24-26,35,43H,5-7,16,19-23H2,1-4H3,(H2,39,40,45)/t24-,25+,26+,35+/m0/s1. The van der Waals surface area contributed by atoms with Crippen molar-refractivity contribution < 1.29 is 38.0 Å². The van der Waals surface area contributed by atoms with Crippen molar-refractivity contribution in [2.45, 2.75) is 64.8 Å². The van der Waals surface area contributed by atoms with Crippen molar-refractivity contribution in [1.29, 1.82) is 0 Å². The minimum Gasteiger partial charge on any atom is -0.490 e. The van der Waals surface area contributed by atoms with E-state index in [0.29, 0.717) is 43.4 Å². The number of rotatable bonds is 8. The predicted octanol–water partition coefficient (Wildman–Crippen LogP) is 6.13. The van der Waals surface area contributed by atoms with Gasteiger partial charge in [-0.3, -0.25) is 9.69 Å². The van der Waals surface area contributed by atoms with Crippen LogP contribution in [0.2, 0.25) is 0 Å². The Morgan fingerprint density at radius 3 is 2.49 bits per heavy atom. The molecule has 264 valence electrons. The molecule has 3 amide bonds. The van der Waals surface area contributed by atoms with Gasteiger partial charge in [-0.15, -0.1) is 0 Å². The maximum atomic E-state index is 14.4. The third-order valence-electron chi connectivity index (χ3n) is 8.79. The van der Waals surface area contributed by atoms with Crippen LogP contribution in [0.3, 0.4) is 0 Å². The van der Waals surface area contributed by atoms with Crippen LogP contribution in [0.4, 0.5) is 20.6 Å². The fourth-order valence-corrected chi connectivity index (χ4v) is 6.01. The number of fused-ring (bicyclic) bond motifs is 2. The third-order valence-corrected chi connectivity index (χ3v) is 8.79. The third kappa shape index (κ3) is 9.84. The highest BCUT2D eigenvalue weighted by Crippen LogP contribution is 2.33. The summed E-state index contributed by atoms with van der Waals surface area (Å²) < 4.78 is 37.1. The maximum Gasteiger partial charge on any atom is 0.323 e. The molecule has 2 heterocycles. The highest BCUT2D eigenvalue weighted by Gasteiger charge is 2.30. The average Bonchev–Trinajstić information content (AvgIpc) is 3.55. The first kappa shape index (κ1) is 35.9. The van der Waals surface area contributed by atoms with Gasteiger partial charge in [-0.1, -0.05) is 13.0 Å². The molecular formula is C37H47FN4O7. The van der Waals surface area contributed by atoms with Crippen molar-refractivity contribution in [3.8, 4) is 17.2 Å². The lowest BCUT2D eigenvalue weighted by Gasteiger charge is -2.36. The molecule has 4 atom stereocenters. The van der Waals surface area contributed by atoms with Crippen LogP contribution in [0.15, 0.2) is 60.7 Å². The number of nitrogens with one attached hydrogen (secondary N) is 2. The smallest absolute Gasteiger partial charge is 0.323 e. The summed E-state index contributed by atoms with van der Waals surface area (Å²) in [5, 5.41) is 15.7. The Bertz CT molecular complexity index is 1570. The van der Waals surface area contributed by atoms with Crippen LogP contribution in [0.5, 0.6) is 17.2 Å². The molecule has 0 aliphatic carbocycles. The number of likely N-dealkylation sites (N-methyl/N-ethyl adjacent to an activating group) is 1. The molecule has 49 heavy (non-hydrogen) atoms. The van der Waals surface area contributed by atoms with Crippen molar-refractivity contribution in [2.75, 3.05) is 50.8 Å². The molecule has 0 fully saturated rings. The molecular weight excluding hydrogens is 631 g/mol. The molecule has 0 bridgehead atoms. The van der Waals surface area contributed by atoms with Crippen molar-refractivity contribution in [2.24, 2.45) is 5.92 Å². The van der Waals surface area contributed by atoms with E-state index in [9.17, 15) is 19.1 Å². The van der Waals surface area contributed by atoms with Gasteiger partial charge in [0, 0.05) is 43.5 Å². The summed E-state index contributed by atoms with van der Waals surface area (Å²) in [6, 6.07) is 15.3. The zero-order valence-corrected chi connectivity index (χ0v) is 28.6. The van der Waals surface area contributed by atoms with Crippen LogP contribution in [-0.2, 0) is 11.3 Å². The summed E-state index contributed by atoms with van der Waals surface area (Å²) in [5.74, 6) is 1.06. The van der Waals surface area contributed by atoms with Gasteiger partial charge in [-0.05, 0) is 100 Å². The Balaban J connectivity index is 1.36. The summed E-state index contributed by atoms with van der Waals surface area (Å²) in [5.41, 5.74) is 2.15. The number of amides is 3. The van der Waals surface area contributed by atoms with E-state index in [-0.39, 0.29) is 43.0 Å². The molecule has 3 N–H and O–H groups in total. The highest BCUT2D eigenvalue weighted by molar-refractivity contribution is 6.02. The zero-order valence-electron chi connectivity index (χ0n) is 28.6. The Morgan fingerprint density at radius 1 is 1.00 bits per heavy atom.